The molecule has 3 nitrogen and oxygen atoms in total. The summed E-state index contributed by atoms with van der Waals surface area (Å²) in [6.07, 6.45) is 0.816. The lowest BCUT2D eigenvalue weighted by molar-refractivity contribution is 0.169. The Hall–Kier alpha value is -1.22. The number of rotatable bonds is 4. The molecule has 1 N–H and O–H groups in total. The normalized spacial score (nSPS) is 25.0. The molecule has 1 aromatic carbocycles. The van der Waals surface area contributed by atoms with Crippen molar-refractivity contribution in [3.8, 4) is 11.5 Å². The molecule has 0 spiro atoms. The first-order valence-corrected chi connectivity index (χ1v) is 5.56. The zero-order chi connectivity index (χ0) is 11.7. The third-order valence-electron chi connectivity index (χ3n) is 3.26. The minimum Gasteiger partial charge on any atom is -0.497 e. The van der Waals surface area contributed by atoms with Crippen LogP contribution in [0.15, 0.2) is 18.2 Å². The van der Waals surface area contributed by atoms with Crippen LogP contribution in [0, 0.1) is 5.92 Å². The smallest absolute Gasteiger partial charge is 0.122 e. The van der Waals surface area contributed by atoms with E-state index in [4.69, 9.17) is 9.47 Å². The molecule has 88 valence electrons. The maximum atomic E-state index is 9.51. The highest BCUT2D eigenvalue weighted by atomic mass is 16.5. The molecule has 0 unspecified atom stereocenters. The molecule has 0 aromatic heterocycles. The molecule has 3 heteroatoms. The van der Waals surface area contributed by atoms with Gasteiger partial charge in [0.25, 0.3) is 0 Å². The summed E-state index contributed by atoms with van der Waals surface area (Å²) in [4.78, 5) is 0. The quantitative estimate of drug-likeness (QED) is 0.848. The molecule has 0 radical (unpaired) electrons. The summed E-state index contributed by atoms with van der Waals surface area (Å²) in [7, 11) is 3.30. The Morgan fingerprint density at radius 2 is 1.75 bits per heavy atom. The van der Waals surface area contributed by atoms with Crippen molar-refractivity contribution in [1.82, 2.24) is 0 Å². The molecule has 1 aliphatic carbocycles. The second-order valence-electron chi connectivity index (χ2n) is 4.39. The van der Waals surface area contributed by atoms with Crippen LogP contribution in [0.4, 0.5) is 0 Å². The first-order valence-electron chi connectivity index (χ1n) is 5.56. The number of hydrogen-bond acceptors (Lipinski definition) is 3. The number of aliphatic hydroxyl groups excluding tert-OH is 1. The molecular weight excluding hydrogens is 204 g/mol. The number of benzene rings is 1. The molecule has 0 heterocycles. The first kappa shape index (κ1) is 11.3. The summed E-state index contributed by atoms with van der Waals surface area (Å²) in [5.41, 5.74) is 1.20. The standard InChI is InChI=1S/C13H18O3/c1-8(14)12-7-13(12)9-4-10(15-2)6-11(5-9)16-3/h4-6,8,12-14H,7H2,1-3H3/t8-,12+,13-/m0/s1. The van der Waals surface area contributed by atoms with Crippen LogP contribution in [-0.2, 0) is 0 Å². The summed E-state index contributed by atoms with van der Waals surface area (Å²) in [5.74, 6) is 2.46. The Bertz CT molecular complexity index is 351. The van der Waals surface area contributed by atoms with Crippen molar-refractivity contribution >= 4 is 0 Å². The molecule has 0 aliphatic heterocycles. The lowest BCUT2D eigenvalue weighted by Crippen LogP contribution is -2.03. The molecule has 1 aromatic rings. The summed E-state index contributed by atoms with van der Waals surface area (Å²) in [5, 5.41) is 9.51. The molecule has 3 atom stereocenters. The summed E-state index contributed by atoms with van der Waals surface area (Å²) in [6.45, 7) is 1.85. The molecule has 2 rings (SSSR count). The second kappa shape index (κ2) is 4.34. The average molecular weight is 222 g/mol. The van der Waals surface area contributed by atoms with Gasteiger partial charge in [-0.1, -0.05) is 0 Å². The molecule has 1 saturated carbocycles. The molecule has 0 saturated heterocycles. The van der Waals surface area contributed by atoms with Crippen LogP contribution >= 0.6 is 0 Å². The largest absolute Gasteiger partial charge is 0.497 e. The van der Waals surface area contributed by atoms with Gasteiger partial charge in [0.1, 0.15) is 11.5 Å². The second-order valence-corrected chi connectivity index (χ2v) is 4.39. The van der Waals surface area contributed by atoms with Crippen molar-refractivity contribution in [3.63, 3.8) is 0 Å². The van der Waals surface area contributed by atoms with Gasteiger partial charge in [0.2, 0.25) is 0 Å². The van der Waals surface area contributed by atoms with Crippen LogP contribution in [0.3, 0.4) is 0 Å². The zero-order valence-electron chi connectivity index (χ0n) is 9.93. The van der Waals surface area contributed by atoms with Crippen molar-refractivity contribution in [2.45, 2.75) is 25.4 Å². The molecule has 1 fully saturated rings. The van der Waals surface area contributed by atoms with Crippen LogP contribution in [0.2, 0.25) is 0 Å². The number of hydrogen-bond donors (Lipinski definition) is 1. The molecular formula is C13H18O3. The van der Waals surface area contributed by atoms with E-state index in [2.05, 4.69) is 0 Å². The number of ether oxygens (including phenoxy) is 2. The van der Waals surface area contributed by atoms with Gasteiger partial charge in [0, 0.05) is 6.07 Å². The van der Waals surface area contributed by atoms with Gasteiger partial charge >= 0.3 is 0 Å². The predicted octanol–water partition coefficient (Wildman–Crippen LogP) is 2.19. The highest BCUT2D eigenvalue weighted by Crippen LogP contribution is 2.50. The Kier molecular flexibility index (Phi) is 3.06. The van der Waals surface area contributed by atoms with Gasteiger partial charge in [-0.2, -0.15) is 0 Å². The number of methoxy groups -OCH3 is 2. The Morgan fingerprint density at radius 1 is 1.19 bits per heavy atom. The van der Waals surface area contributed by atoms with Crippen molar-refractivity contribution in [3.05, 3.63) is 23.8 Å². The van der Waals surface area contributed by atoms with Gasteiger partial charge in [-0.25, -0.2) is 0 Å². The van der Waals surface area contributed by atoms with E-state index in [-0.39, 0.29) is 6.10 Å². The van der Waals surface area contributed by atoms with Crippen molar-refractivity contribution in [1.29, 1.82) is 0 Å². The fourth-order valence-electron chi connectivity index (χ4n) is 2.17. The summed E-state index contributed by atoms with van der Waals surface area (Å²) < 4.78 is 10.5. The van der Waals surface area contributed by atoms with Gasteiger partial charge in [0.05, 0.1) is 20.3 Å². The Morgan fingerprint density at radius 3 is 2.12 bits per heavy atom. The summed E-state index contributed by atoms with van der Waals surface area (Å²) >= 11 is 0. The first-order chi connectivity index (χ1) is 7.65. The highest BCUT2D eigenvalue weighted by molar-refractivity contribution is 5.42. The van der Waals surface area contributed by atoms with Gasteiger partial charge < -0.3 is 14.6 Å². The fraction of sp³-hybridized carbons (Fsp3) is 0.538. The van der Waals surface area contributed by atoms with Crippen LogP contribution in [0.25, 0.3) is 0 Å². The van der Waals surface area contributed by atoms with Gasteiger partial charge in [-0.05, 0) is 42.9 Å². The maximum absolute atomic E-state index is 9.51. The van der Waals surface area contributed by atoms with Gasteiger partial charge in [0.15, 0.2) is 0 Å². The Labute approximate surface area is 96.0 Å². The van der Waals surface area contributed by atoms with E-state index in [0.29, 0.717) is 11.8 Å². The van der Waals surface area contributed by atoms with E-state index in [0.717, 1.165) is 17.9 Å². The average Bonchev–Trinajstić information content (AvgIpc) is 3.08. The van der Waals surface area contributed by atoms with Crippen molar-refractivity contribution in [2.24, 2.45) is 5.92 Å². The third kappa shape index (κ3) is 2.14. The van der Waals surface area contributed by atoms with Crippen molar-refractivity contribution < 1.29 is 14.6 Å². The minimum absolute atomic E-state index is 0.234. The number of aliphatic hydroxyl groups is 1. The zero-order valence-corrected chi connectivity index (χ0v) is 9.93. The van der Waals surface area contributed by atoms with Crippen LogP contribution in [-0.4, -0.2) is 25.4 Å². The SMILES string of the molecule is COc1cc(OC)cc([C@@H]2C[C@@H]2[C@H](C)O)c1. The topological polar surface area (TPSA) is 38.7 Å². The summed E-state index contributed by atoms with van der Waals surface area (Å²) in [6, 6.07) is 5.91. The fourth-order valence-corrected chi connectivity index (χ4v) is 2.17. The van der Waals surface area contributed by atoms with E-state index >= 15 is 0 Å². The van der Waals surface area contributed by atoms with Crippen LogP contribution in [0.5, 0.6) is 11.5 Å². The van der Waals surface area contributed by atoms with Gasteiger partial charge in [-0.3, -0.25) is 0 Å². The van der Waals surface area contributed by atoms with E-state index in [1.165, 1.54) is 5.56 Å². The lowest BCUT2D eigenvalue weighted by Gasteiger charge is -2.09. The molecule has 0 amide bonds. The molecule has 0 bridgehead atoms. The highest BCUT2D eigenvalue weighted by Gasteiger charge is 2.41. The predicted molar refractivity (Wildman–Crippen MR) is 62.1 cm³/mol. The van der Waals surface area contributed by atoms with E-state index in [1.807, 2.05) is 25.1 Å². The molecule has 16 heavy (non-hydrogen) atoms. The van der Waals surface area contributed by atoms with Crippen LogP contribution < -0.4 is 9.47 Å². The minimum atomic E-state index is -0.234. The van der Waals surface area contributed by atoms with Gasteiger partial charge in [-0.15, -0.1) is 0 Å². The van der Waals surface area contributed by atoms with Crippen molar-refractivity contribution in [2.75, 3.05) is 14.2 Å². The van der Waals surface area contributed by atoms with E-state index in [1.54, 1.807) is 14.2 Å². The van der Waals surface area contributed by atoms with E-state index in [9.17, 15) is 5.11 Å². The third-order valence-corrected chi connectivity index (χ3v) is 3.26. The van der Waals surface area contributed by atoms with Crippen LogP contribution in [0.1, 0.15) is 24.8 Å². The van der Waals surface area contributed by atoms with E-state index < -0.39 is 0 Å². The molecule has 1 aliphatic rings. The monoisotopic (exact) mass is 222 g/mol. The maximum Gasteiger partial charge on any atom is 0.122 e. The Balaban J connectivity index is 2.21. The lowest BCUT2D eigenvalue weighted by atomic mass is 10.1.